The van der Waals surface area contributed by atoms with Crippen LogP contribution in [0.1, 0.15) is 6.42 Å². The number of halogens is 1. The molecule has 0 fully saturated rings. The first-order chi connectivity index (χ1) is 3.50. The van der Waals surface area contributed by atoms with Crippen molar-refractivity contribution in [3.63, 3.8) is 0 Å². The molecule has 7 heavy (non-hydrogen) atoms. The van der Waals surface area contributed by atoms with E-state index in [1.54, 1.807) is 0 Å². The third-order valence-corrected chi connectivity index (χ3v) is 0.531. The molecular weight excluding hydrogens is 165 g/mol. The zero-order chi connectivity index (χ0) is 5.54. The molecule has 0 saturated heterocycles. The van der Waals surface area contributed by atoms with Gasteiger partial charge in [0.15, 0.2) is 0 Å². The van der Waals surface area contributed by atoms with Crippen molar-refractivity contribution < 1.29 is 22.0 Å². The summed E-state index contributed by atoms with van der Waals surface area (Å²) >= 11 is 0.847. The summed E-state index contributed by atoms with van der Waals surface area (Å²) in [7, 11) is 4.76. The average molecular weight is 170 g/mol. The van der Waals surface area contributed by atoms with Crippen molar-refractivity contribution in [1.82, 2.24) is 0 Å². The summed E-state index contributed by atoms with van der Waals surface area (Å²) in [5.74, 6) is 0. The predicted octanol–water partition coefficient (Wildman–Crippen LogP) is 1.41. The van der Waals surface area contributed by atoms with E-state index >= 15 is 0 Å². The summed E-state index contributed by atoms with van der Waals surface area (Å²) in [6.45, 7) is 0.833. The van der Waals surface area contributed by atoms with E-state index in [9.17, 15) is 0 Å². The summed E-state index contributed by atoms with van der Waals surface area (Å²) in [6.07, 6.45) is 5.53. The molecule has 36 valence electrons. The minimum absolute atomic E-state index is 0.833. The van der Waals surface area contributed by atoms with Crippen LogP contribution < -0.4 is 0 Å². The molecule has 0 atom stereocenters. The fraction of sp³-hybridized carbons (Fsp3) is 0.500. The molecule has 0 aromatic carbocycles. The Morgan fingerprint density at radius 3 is 2.57 bits per heavy atom. The quantitative estimate of drug-likeness (QED) is 0.394. The number of ether oxygens (including phenoxy) is 1. The van der Waals surface area contributed by atoms with Crippen LogP contribution in [0, 0.1) is 6.26 Å². The van der Waals surface area contributed by atoms with E-state index in [4.69, 9.17) is 9.69 Å². The molecule has 1 aliphatic rings. The predicted molar refractivity (Wildman–Crippen MR) is 24.2 cm³/mol. The summed E-state index contributed by atoms with van der Waals surface area (Å²) in [5.41, 5.74) is 0. The Kier molecular flexibility index (Phi) is 6.87. The van der Waals surface area contributed by atoms with E-state index in [1.807, 2.05) is 6.08 Å². The summed E-state index contributed by atoms with van der Waals surface area (Å²) in [4.78, 5) is 0. The standard InChI is InChI=1S/C4H5O.ClH.Zn/c1-2-4-5-3-1;;/h1H,2,4H2;1H;/q-1;;+2/p-1. The van der Waals surface area contributed by atoms with Crippen LogP contribution in [0.25, 0.3) is 0 Å². The van der Waals surface area contributed by atoms with Gasteiger partial charge in [0.1, 0.15) is 0 Å². The van der Waals surface area contributed by atoms with Gasteiger partial charge in [-0.05, 0) is 6.42 Å². The van der Waals surface area contributed by atoms with E-state index in [0.717, 1.165) is 30.3 Å². The third-order valence-electron chi connectivity index (χ3n) is 0.531. The van der Waals surface area contributed by atoms with Gasteiger partial charge in [-0.25, -0.2) is 6.08 Å². The van der Waals surface area contributed by atoms with E-state index in [-0.39, 0.29) is 0 Å². The first-order valence-electron chi connectivity index (χ1n) is 1.96. The molecule has 0 radical (unpaired) electrons. The molecule has 0 bridgehead atoms. The van der Waals surface area contributed by atoms with Crippen LogP contribution in [0.3, 0.4) is 0 Å². The van der Waals surface area contributed by atoms with Crippen LogP contribution in [0.15, 0.2) is 6.08 Å². The van der Waals surface area contributed by atoms with Crippen LogP contribution in [0.5, 0.6) is 0 Å². The van der Waals surface area contributed by atoms with Crippen molar-refractivity contribution in [1.29, 1.82) is 0 Å². The average Bonchev–Trinajstić information content (AvgIpc) is 2.23. The fourth-order valence-electron chi connectivity index (χ4n) is 0.295. The molecule has 0 saturated carbocycles. The first-order valence-corrected chi connectivity index (χ1v) is 5.86. The van der Waals surface area contributed by atoms with Gasteiger partial charge in [0.2, 0.25) is 0 Å². The van der Waals surface area contributed by atoms with Crippen molar-refractivity contribution in [3.05, 3.63) is 12.3 Å². The Morgan fingerprint density at radius 1 is 1.71 bits per heavy atom. The SMILES string of the molecule is [C-]1=CCCO1.[Cl][Zn+]. The van der Waals surface area contributed by atoms with E-state index in [1.165, 1.54) is 0 Å². The van der Waals surface area contributed by atoms with Gasteiger partial charge in [-0.2, -0.15) is 0 Å². The molecule has 0 unspecified atom stereocenters. The molecule has 1 rings (SSSR count). The Balaban J connectivity index is 0.000000162. The molecule has 0 aliphatic carbocycles. The summed E-state index contributed by atoms with van der Waals surface area (Å²) < 4.78 is 4.64. The van der Waals surface area contributed by atoms with Gasteiger partial charge in [-0.1, -0.05) is 0 Å². The zero-order valence-corrected chi connectivity index (χ0v) is 7.71. The van der Waals surface area contributed by atoms with Gasteiger partial charge in [0, 0.05) is 6.61 Å². The van der Waals surface area contributed by atoms with Crippen LogP contribution in [-0.4, -0.2) is 6.61 Å². The van der Waals surface area contributed by atoms with E-state index in [0.29, 0.717) is 0 Å². The molecule has 0 amide bonds. The Bertz CT molecular complexity index is 49.7. The zero-order valence-electron chi connectivity index (χ0n) is 3.98. The molecule has 0 spiro atoms. The van der Waals surface area contributed by atoms with Gasteiger partial charge in [-0.3, -0.25) is 0 Å². The van der Waals surface area contributed by atoms with Gasteiger partial charge in [0.25, 0.3) is 0 Å². The second-order valence-corrected chi connectivity index (χ2v) is 0.959. The fourth-order valence-corrected chi connectivity index (χ4v) is 0.295. The molecule has 0 aromatic heterocycles. The molecule has 1 heterocycles. The monoisotopic (exact) mass is 168 g/mol. The topological polar surface area (TPSA) is 9.23 Å². The van der Waals surface area contributed by atoms with Crippen molar-refractivity contribution in [2.24, 2.45) is 0 Å². The van der Waals surface area contributed by atoms with E-state index in [2.05, 4.69) is 11.0 Å². The Hall–Kier alpha value is 0.453. The van der Waals surface area contributed by atoms with Crippen LogP contribution in [-0.2, 0) is 22.0 Å². The molecule has 0 N–H and O–H groups in total. The minimum atomic E-state index is 0.833. The molecule has 0 aromatic rings. The number of rotatable bonds is 0. The molecule has 3 heteroatoms. The van der Waals surface area contributed by atoms with Crippen molar-refractivity contribution in [2.45, 2.75) is 6.42 Å². The number of hydrogen-bond acceptors (Lipinski definition) is 1. The third kappa shape index (κ3) is 4.30. The van der Waals surface area contributed by atoms with Gasteiger partial charge in [0.05, 0.1) is 0 Å². The van der Waals surface area contributed by atoms with Crippen LogP contribution in [0.4, 0.5) is 0 Å². The van der Waals surface area contributed by atoms with Crippen LogP contribution in [0.2, 0.25) is 0 Å². The van der Waals surface area contributed by atoms with Gasteiger partial charge < -0.3 is 11.0 Å². The van der Waals surface area contributed by atoms with Crippen molar-refractivity contribution in [2.75, 3.05) is 6.61 Å². The summed E-state index contributed by atoms with van der Waals surface area (Å²) in [5, 5.41) is 0. The molecule has 1 nitrogen and oxygen atoms in total. The summed E-state index contributed by atoms with van der Waals surface area (Å²) in [6, 6.07) is 0. The van der Waals surface area contributed by atoms with Crippen LogP contribution >= 0.6 is 9.69 Å². The number of hydrogen-bond donors (Lipinski definition) is 0. The Labute approximate surface area is 57.4 Å². The normalized spacial score (nSPS) is 14.7. The maximum absolute atomic E-state index is 4.76. The van der Waals surface area contributed by atoms with Crippen molar-refractivity contribution >= 4 is 9.69 Å². The van der Waals surface area contributed by atoms with Crippen molar-refractivity contribution in [3.8, 4) is 0 Å². The maximum atomic E-state index is 4.76. The second kappa shape index (κ2) is 6.45. The van der Waals surface area contributed by atoms with Gasteiger partial charge in [-0.15, -0.1) is 0 Å². The van der Waals surface area contributed by atoms with Gasteiger partial charge >= 0.3 is 27.0 Å². The Morgan fingerprint density at radius 2 is 2.43 bits per heavy atom. The second-order valence-electron chi connectivity index (χ2n) is 0.959. The molecule has 1 aliphatic heterocycles. The van der Waals surface area contributed by atoms with E-state index < -0.39 is 0 Å². The molecular formula is C4H5ClOZn. The first kappa shape index (κ1) is 7.45.